The maximum Gasteiger partial charge on any atom is 0.261 e. The molecule has 3 N–H and O–H groups in total. The number of nitrogens with two attached hydrogens (primary N) is 1. The predicted octanol–water partition coefficient (Wildman–Crippen LogP) is 3.80. The van der Waals surface area contributed by atoms with Gasteiger partial charge in [0.1, 0.15) is 12.1 Å². The number of fused-ring (bicyclic) bond motifs is 1. The van der Waals surface area contributed by atoms with Crippen molar-refractivity contribution in [3.8, 4) is 11.5 Å². The van der Waals surface area contributed by atoms with Gasteiger partial charge in [-0.3, -0.25) is 4.79 Å². The highest BCUT2D eigenvalue weighted by Gasteiger charge is 2.36. The zero-order valence-corrected chi connectivity index (χ0v) is 16.2. The van der Waals surface area contributed by atoms with Crippen LogP contribution in [0.4, 0.5) is 11.5 Å². The molecule has 0 unspecified atom stereocenters. The van der Waals surface area contributed by atoms with Crippen molar-refractivity contribution in [3.63, 3.8) is 0 Å². The van der Waals surface area contributed by atoms with E-state index in [-0.39, 0.29) is 0 Å². The molecule has 146 valence electrons. The largest absolute Gasteiger partial charge is 0.493 e. The Morgan fingerprint density at radius 1 is 1.11 bits per heavy atom. The van der Waals surface area contributed by atoms with E-state index in [0.717, 1.165) is 11.1 Å². The van der Waals surface area contributed by atoms with Gasteiger partial charge in [0.05, 0.1) is 12.6 Å². The van der Waals surface area contributed by atoms with Gasteiger partial charge in [-0.25, -0.2) is 9.97 Å². The molecule has 1 aromatic heterocycles. The number of anilines is 2. The maximum absolute atomic E-state index is 12.1. The Kier molecular flexibility index (Phi) is 5.63. The average Bonchev–Trinajstić information content (AvgIpc) is 2.72. The standard InChI is InChI=1S/C21H24N4O3/c1-4-21(5-2,20(22)26)28-18-11-15-16(12-17(18)27-3)23-13-24-19(15)25-14-9-7-6-8-10-14/h6-13H,4-5H2,1-3H3,(H2,22,26)(H,23,24,25). The molecular weight excluding hydrogens is 356 g/mol. The number of hydrogen-bond acceptors (Lipinski definition) is 6. The molecule has 7 nitrogen and oxygen atoms in total. The first-order valence-electron chi connectivity index (χ1n) is 9.16. The molecule has 0 aliphatic heterocycles. The van der Waals surface area contributed by atoms with E-state index in [2.05, 4.69) is 15.3 Å². The zero-order chi connectivity index (χ0) is 20.1. The molecule has 1 amide bonds. The molecule has 0 radical (unpaired) electrons. The van der Waals surface area contributed by atoms with Crippen LogP contribution in [-0.2, 0) is 4.79 Å². The van der Waals surface area contributed by atoms with Crippen LogP contribution in [0.2, 0.25) is 0 Å². The number of primary amides is 1. The minimum absolute atomic E-state index is 0.420. The van der Waals surface area contributed by atoms with Gasteiger partial charge in [0.15, 0.2) is 17.1 Å². The minimum atomic E-state index is -1.11. The van der Waals surface area contributed by atoms with Crippen molar-refractivity contribution in [3.05, 3.63) is 48.8 Å². The summed E-state index contributed by atoms with van der Waals surface area (Å²) in [6.45, 7) is 3.74. The van der Waals surface area contributed by atoms with Gasteiger partial charge in [0, 0.05) is 17.1 Å². The Morgan fingerprint density at radius 2 is 1.82 bits per heavy atom. The van der Waals surface area contributed by atoms with Crippen molar-refractivity contribution >= 4 is 28.3 Å². The summed E-state index contributed by atoms with van der Waals surface area (Å²) < 4.78 is 11.6. The van der Waals surface area contributed by atoms with Gasteiger partial charge >= 0.3 is 0 Å². The molecule has 0 aliphatic carbocycles. The van der Waals surface area contributed by atoms with E-state index in [9.17, 15) is 4.79 Å². The molecule has 7 heteroatoms. The molecule has 3 rings (SSSR count). The third kappa shape index (κ3) is 3.69. The highest BCUT2D eigenvalue weighted by molar-refractivity contribution is 5.93. The van der Waals surface area contributed by atoms with Gasteiger partial charge in [-0.05, 0) is 31.0 Å². The van der Waals surface area contributed by atoms with E-state index in [1.807, 2.05) is 44.2 Å². The van der Waals surface area contributed by atoms with Crippen LogP contribution in [-0.4, -0.2) is 28.6 Å². The zero-order valence-electron chi connectivity index (χ0n) is 16.2. The highest BCUT2D eigenvalue weighted by Crippen LogP contribution is 2.37. The number of aromatic nitrogens is 2. The summed E-state index contributed by atoms with van der Waals surface area (Å²) in [6.07, 6.45) is 2.38. The molecular formula is C21H24N4O3. The molecule has 0 atom stereocenters. The number of benzene rings is 2. The van der Waals surface area contributed by atoms with Crippen LogP contribution in [0.3, 0.4) is 0 Å². The SMILES string of the molecule is CCC(CC)(Oc1cc2c(Nc3ccccc3)ncnc2cc1OC)C(N)=O. The summed E-state index contributed by atoms with van der Waals surface area (Å²) in [7, 11) is 1.54. The second kappa shape index (κ2) is 8.12. The van der Waals surface area contributed by atoms with Crippen LogP contribution >= 0.6 is 0 Å². The lowest BCUT2D eigenvalue weighted by Crippen LogP contribution is -2.48. The van der Waals surface area contributed by atoms with Gasteiger partial charge in [-0.15, -0.1) is 0 Å². The van der Waals surface area contributed by atoms with E-state index in [1.54, 1.807) is 19.2 Å². The molecule has 1 heterocycles. The van der Waals surface area contributed by atoms with Crippen molar-refractivity contribution in [2.75, 3.05) is 12.4 Å². The van der Waals surface area contributed by atoms with Gasteiger partial charge in [-0.2, -0.15) is 0 Å². The van der Waals surface area contributed by atoms with Crippen molar-refractivity contribution in [1.82, 2.24) is 9.97 Å². The van der Waals surface area contributed by atoms with Gasteiger partial charge in [-0.1, -0.05) is 32.0 Å². The first kappa shape index (κ1) is 19.4. The average molecular weight is 380 g/mol. The third-order valence-corrected chi connectivity index (χ3v) is 4.85. The van der Waals surface area contributed by atoms with Crippen molar-refractivity contribution in [2.45, 2.75) is 32.3 Å². The molecule has 2 aromatic carbocycles. The fourth-order valence-electron chi connectivity index (χ4n) is 3.06. The fourth-order valence-corrected chi connectivity index (χ4v) is 3.06. The summed E-state index contributed by atoms with van der Waals surface area (Å²) >= 11 is 0. The van der Waals surface area contributed by atoms with Crippen molar-refractivity contribution in [2.24, 2.45) is 5.73 Å². The Labute approximate surface area is 163 Å². The van der Waals surface area contributed by atoms with E-state index in [4.69, 9.17) is 15.2 Å². The highest BCUT2D eigenvalue weighted by atomic mass is 16.5. The Hall–Kier alpha value is -3.35. The molecule has 3 aromatic rings. The van der Waals surface area contributed by atoms with Gasteiger partial charge in [0.25, 0.3) is 5.91 Å². The summed E-state index contributed by atoms with van der Waals surface area (Å²) in [4.78, 5) is 20.8. The second-order valence-electron chi connectivity index (χ2n) is 6.40. The summed E-state index contributed by atoms with van der Waals surface area (Å²) in [5.41, 5.74) is 6.12. The van der Waals surface area contributed by atoms with Crippen LogP contribution in [0.5, 0.6) is 11.5 Å². The van der Waals surface area contributed by atoms with E-state index >= 15 is 0 Å². The topological polar surface area (TPSA) is 99.4 Å². The third-order valence-electron chi connectivity index (χ3n) is 4.85. The number of carbonyl (C=O) groups excluding carboxylic acids is 1. The number of amides is 1. The van der Waals surface area contributed by atoms with E-state index in [1.165, 1.54) is 6.33 Å². The molecule has 0 bridgehead atoms. The predicted molar refractivity (Wildman–Crippen MR) is 109 cm³/mol. The lowest BCUT2D eigenvalue weighted by atomic mass is 9.96. The van der Waals surface area contributed by atoms with Gasteiger partial charge < -0.3 is 20.5 Å². The van der Waals surface area contributed by atoms with Crippen LogP contribution in [0, 0.1) is 0 Å². The number of carbonyl (C=O) groups is 1. The second-order valence-corrected chi connectivity index (χ2v) is 6.40. The minimum Gasteiger partial charge on any atom is -0.493 e. The number of nitrogens with one attached hydrogen (secondary N) is 1. The first-order valence-corrected chi connectivity index (χ1v) is 9.16. The number of nitrogens with zero attached hydrogens (tertiary/aromatic N) is 2. The normalized spacial score (nSPS) is 11.2. The lowest BCUT2D eigenvalue weighted by molar-refractivity contribution is -0.134. The Balaban J connectivity index is 2.10. The van der Waals surface area contributed by atoms with E-state index < -0.39 is 11.5 Å². The number of rotatable bonds is 8. The lowest BCUT2D eigenvalue weighted by Gasteiger charge is -2.30. The number of para-hydroxylation sites is 1. The fraction of sp³-hybridized carbons (Fsp3) is 0.286. The van der Waals surface area contributed by atoms with Crippen molar-refractivity contribution < 1.29 is 14.3 Å². The first-order chi connectivity index (χ1) is 13.5. The number of hydrogen-bond donors (Lipinski definition) is 2. The maximum atomic E-state index is 12.1. The van der Waals surface area contributed by atoms with Gasteiger partial charge in [0.2, 0.25) is 0 Å². The van der Waals surface area contributed by atoms with Crippen LogP contribution in [0.1, 0.15) is 26.7 Å². The molecule has 0 saturated heterocycles. The summed E-state index contributed by atoms with van der Waals surface area (Å²) in [6, 6.07) is 13.3. The van der Waals surface area contributed by atoms with Crippen LogP contribution in [0.15, 0.2) is 48.8 Å². The monoisotopic (exact) mass is 380 g/mol. The molecule has 0 fully saturated rings. The van der Waals surface area contributed by atoms with Crippen LogP contribution in [0.25, 0.3) is 10.9 Å². The Morgan fingerprint density at radius 3 is 2.43 bits per heavy atom. The van der Waals surface area contributed by atoms with E-state index in [0.29, 0.717) is 35.7 Å². The quantitative estimate of drug-likeness (QED) is 0.616. The summed E-state index contributed by atoms with van der Waals surface area (Å²) in [5.74, 6) is 1.01. The Bertz CT molecular complexity index is 972. The molecule has 0 spiro atoms. The number of ether oxygens (including phenoxy) is 2. The summed E-state index contributed by atoms with van der Waals surface area (Å²) in [5, 5.41) is 4.03. The number of methoxy groups -OCH3 is 1. The van der Waals surface area contributed by atoms with Crippen molar-refractivity contribution in [1.29, 1.82) is 0 Å². The van der Waals surface area contributed by atoms with Crippen LogP contribution < -0.4 is 20.5 Å². The molecule has 0 saturated carbocycles. The molecule has 28 heavy (non-hydrogen) atoms. The smallest absolute Gasteiger partial charge is 0.261 e. The molecule has 0 aliphatic rings.